The van der Waals surface area contributed by atoms with Gasteiger partial charge in [0.1, 0.15) is 5.60 Å². The quantitative estimate of drug-likeness (QED) is 0.940. The van der Waals surface area contributed by atoms with Gasteiger partial charge in [0.25, 0.3) is 0 Å². The van der Waals surface area contributed by atoms with E-state index in [1.54, 1.807) is 6.20 Å². The van der Waals surface area contributed by atoms with E-state index in [0.717, 1.165) is 16.8 Å². The van der Waals surface area contributed by atoms with Crippen LogP contribution < -0.4 is 0 Å². The van der Waals surface area contributed by atoms with Crippen molar-refractivity contribution in [1.82, 2.24) is 4.57 Å². The van der Waals surface area contributed by atoms with E-state index in [2.05, 4.69) is 0 Å². The zero-order chi connectivity index (χ0) is 15.5. The number of carbonyl (C=O) groups is 1. The minimum absolute atomic E-state index is 0.133. The predicted octanol–water partition coefficient (Wildman–Crippen LogP) is 3.47. The van der Waals surface area contributed by atoms with E-state index >= 15 is 0 Å². The van der Waals surface area contributed by atoms with E-state index in [4.69, 9.17) is 9.84 Å². The van der Waals surface area contributed by atoms with Crippen LogP contribution in [0.4, 0.5) is 4.79 Å². The Balaban J connectivity index is 2.25. The van der Waals surface area contributed by atoms with Gasteiger partial charge >= 0.3 is 6.09 Å². The molecular formula is C17H21NO3. The maximum Gasteiger partial charge on any atom is 0.418 e. The maximum atomic E-state index is 12.2. The number of aliphatic hydroxyl groups excluding tert-OH is 1. The van der Waals surface area contributed by atoms with Crippen LogP contribution in [0, 0.1) is 0 Å². The molecule has 2 aromatic rings. The number of aromatic nitrogens is 1. The fraction of sp³-hybridized carbons (Fsp3) is 0.353. The number of aliphatic hydroxyl groups is 1. The van der Waals surface area contributed by atoms with Crippen molar-refractivity contribution in [3.63, 3.8) is 0 Å². The first kappa shape index (κ1) is 15.3. The normalized spacial score (nSPS) is 11.4. The summed E-state index contributed by atoms with van der Waals surface area (Å²) in [5, 5.41) is 8.93. The minimum Gasteiger partial charge on any atom is -0.443 e. The highest BCUT2D eigenvalue weighted by Gasteiger charge is 2.19. The average Bonchev–Trinajstić information content (AvgIpc) is 2.87. The van der Waals surface area contributed by atoms with Gasteiger partial charge in [0.15, 0.2) is 0 Å². The summed E-state index contributed by atoms with van der Waals surface area (Å²) < 4.78 is 6.90. The Kier molecular flexibility index (Phi) is 4.48. The van der Waals surface area contributed by atoms with Crippen LogP contribution >= 0.6 is 0 Å². The molecule has 0 aliphatic heterocycles. The third kappa shape index (κ3) is 3.95. The van der Waals surface area contributed by atoms with Gasteiger partial charge in [-0.3, -0.25) is 4.57 Å². The fourth-order valence-electron chi connectivity index (χ4n) is 2.06. The first-order valence-corrected chi connectivity index (χ1v) is 7.01. The molecule has 1 heterocycles. The fourth-order valence-corrected chi connectivity index (χ4v) is 2.06. The van der Waals surface area contributed by atoms with E-state index in [1.807, 2.05) is 57.2 Å². The molecule has 1 N–H and O–H groups in total. The minimum atomic E-state index is -0.524. The van der Waals surface area contributed by atoms with Crippen molar-refractivity contribution in [1.29, 1.82) is 0 Å². The predicted molar refractivity (Wildman–Crippen MR) is 82.3 cm³/mol. The van der Waals surface area contributed by atoms with Gasteiger partial charge in [0.05, 0.1) is 5.69 Å². The number of hydrogen-bond acceptors (Lipinski definition) is 3. The molecule has 0 spiro atoms. The number of nitrogens with zero attached hydrogens (tertiary/aromatic N) is 1. The third-order valence-electron chi connectivity index (χ3n) is 2.99. The van der Waals surface area contributed by atoms with Gasteiger partial charge in [0.2, 0.25) is 0 Å². The second kappa shape index (κ2) is 6.14. The highest BCUT2D eigenvalue weighted by Crippen LogP contribution is 2.22. The molecule has 0 saturated heterocycles. The Labute approximate surface area is 125 Å². The molecule has 0 unspecified atom stereocenters. The lowest BCUT2D eigenvalue weighted by Crippen LogP contribution is -2.27. The van der Waals surface area contributed by atoms with Crippen LogP contribution in [0.3, 0.4) is 0 Å². The van der Waals surface area contributed by atoms with E-state index in [1.165, 1.54) is 4.57 Å². The zero-order valence-corrected chi connectivity index (χ0v) is 12.7. The standard InChI is InChI=1S/C17H21NO3/c1-17(2,3)21-16(20)18-11-4-5-15(18)14-8-6-13(7-9-14)10-12-19/h4-9,11,19H,10,12H2,1-3H3. The van der Waals surface area contributed by atoms with E-state index in [9.17, 15) is 4.79 Å². The zero-order valence-electron chi connectivity index (χ0n) is 12.7. The summed E-state index contributed by atoms with van der Waals surface area (Å²) in [6.07, 6.45) is 1.94. The summed E-state index contributed by atoms with van der Waals surface area (Å²) in [6, 6.07) is 11.5. The Morgan fingerprint density at radius 1 is 1.19 bits per heavy atom. The van der Waals surface area contributed by atoms with Crippen molar-refractivity contribution >= 4 is 6.09 Å². The Bertz CT molecular complexity index is 606. The van der Waals surface area contributed by atoms with Crippen molar-refractivity contribution < 1.29 is 14.6 Å². The molecule has 0 bridgehead atoms. The lowest BCUT2D eigenvalue weighted by atomic mass is 10.1. The van der Waals surface area contributed by atoms with Crippen LogP contribution in [0.1, 0.15) is 26.3 Å². The number of rotatable bonds is 3. The van der Waals surface area contributed by atoms with Gasteiger partial charge < -0.3 is 9.84 Å². The van der Waals surface area contributed by atoms with Crippen molar-refractivity contribution in [3.8, 4) is 11.3 Å². The first-order valence-electron chi connectivity index (χ1n) is 7.01. The van der Waals surface area contributed by atoms with Gasteiger partial charge in [-0.15, -0.1) is 0 Å². The topological polar surface area (TPSA) is 51.5 Å². The lowest BCUT2D eigenvalue weighted by molar-refractivity contribution is 0.0540. The highest BCUT2D eigenvalue weighted by molar-refractivity contribution is 5.78. The maximum absolute atomic E-state index is 12.2. The molecule has 4 heteroatoms. The molecule has 0 amide bonds. The molecule has 1 aromatic carbocycles. The van der Waals surface area contributed by atoms with Crippen LogP contribution in [0.5, 0.6) is 0 Å². The molecule has 1 aromatic heterocycles. The molecular weight excluding hydrogens is 266 g/mol. The number of hydrogen-bond donors (Lipinski definition) is 1. The molecule has 21 heavy (non-hydrogen) atoms. The second-order valence-corrected chi connectivity index (χ2v) is 5.91. The van der Waals surface area contributed by atoms with Crippen LogP contribution in [-0.4, -0.2) is 28.0 Å². The SMILES string of the molecule is CC(C)(C)OC(=O)n1cccc1-c1ccc(CCO)cc1. The van der Waals surface area contributed by atoms with E-state index < -0.39 is 5.60 Å². The summed E-state index contributed by atoms with van der Waals surface area (Å²) in [6.45, 7) is 5.67. The summed E-state index contributed by atoms with van der Waals surface area (Å²) in [5.74, 6) is 0. The molecule has 4 nitrogen and oxygen atoms in total. The molecule has 0 saturated carbocycles. The van der Waals surface area contributed by atoms with Gasteiger partial charge in [-0.25, -0.2) is 4.79 Å². The van der Waals surface area contributed by atoms with E-state index in [-0.39, 0.29) is 12.7 Å². The van der Waals surface area contributed by atoms with Crippen molar-refractivity contribution in [2.24, 2.45) is 0 Å². The van der Waals surface area contributed by atoms with E-state index in [0.29, 0.717) is 6.42 Å². The highest BCUT2D eigenvalue weighted by atomic mass is 16.6. The summed E-state index contributed by atoms with van der Waals surface area (Å²) >= 11 is 0. The van der Waals surface area contributed by atoms with Crippen molar-refractivity contribution in [2.75, 3.05) is 6.61 Å². The number of ether oxygens (including phenoxy) is 1. The van der Waals surface area contributed by atoms with Gasteiger partial charge in [-0.2, -0.15) is 0 Å². The van der Waals surface area contributed by atoms with Crippen LogP contribution in [0.25, 0.3) is 11.3 Å². The van der Waals surface area contributed by atoms with Gasteiger partial charge in [-0.1, -0.05) is 24.3 Å². The number of carbonyl (C=O) groups excluding carboxylic acids is 1. The van der Waals surface area contributed by atoms with Gasteiger partial charge in [0, 0.05) is 12.8 Å². The Hall–Kier alpha value is -2.07. The average molecular weight is 287 g/mol. The summed E-state index contributed by atoms with van der Waals surface area (Å²) in [4.78, 5) is 12.2. The molecule has 0 fully saturated rings. The Morgan fingerprint density at radius 2 is 1.86 bits per heavy atom. The smallest absolute Gasteiger partial charge is 0.418 e. The monoisotopic (exact) mass is 287 g/mol. The second-order valence-electron chi connectivity index (χ2n) is 5.91. The van der Waals surface area contributed by atoms with Crippen LogP contribution in [0.15, 0.2) is 42.6 Å². The van der Waals surface area contributed by atoms with Crippen molar-refractivity contribution in [3.05, 3.63) is 48.2 Å². The number of benzene rings is 1. The molecule has 112 valence electrons. The third-order valence-corrected chi connectivity index (χ3v) is 2.99. The van der Waals surface area contributed by atoms with Crippen LogP contribution in [-0.2, 0) is 11.2 Å². The molecule has 2 rings (SSSR count). The van der Waals surface area contributed by atoms with Crippen LogP contribution in [0.2, 0.25) is 0 Å². The summed E-state index contributed by atoms with van der Waals surface area (Å²) in [5.41, 5.74) is 2.27. The largest absolute Gasteiger partial charge is 0.443 e. The molecule has 0 aliphatic rings. The lowest BCUT2D eigenvalue weighted by Gasteiger charge is -2.20. The first-order chi connectivity index (χ1) is 9.90. The molecule has 0 radical (unpaired) electrons. The summed E-state index contributed by atoms with van der Waals surface area (Å²) in [7, 11) is 0. The van der Waals surface area contributed by atoms with Crippen molar-refractivity contribution in [2.45, 2.75) is 32.8 Å². The Morgan fingerprint density at radius 3 is 2.43 bits per heavy atom. The molecule has 0 atom stereocenters. The molecule has 0 aliphatic carbocycles. The van der Waals surface area contributed by atoms with Gasteiger partial charge in [-0.05, 0) is 50.5 Å².